The van der Waals surface area contributed by atoms with Crippen molar-refractivity contribution in [1.82, 2.24) is 29.6 Å². The van der Waals surface area contributed by atoms with Crippen LogP contribution in [-0.2, 0) is 6.54 Å². The molecule has 1 aromatic carbocycles. The van der Waals surface area contributed by atoms with E-state index in [1.54, 1.807) is 17.2 Å². The maximum Gasteiger partial charge on any atom is 0.258 e. The second-order valence-electron chi connectivity index (χ2n) is 9.35. The minimum atomic E-state index is -0.202. The quantitative estimate of drug-likeness (QED) is 0.481. The lowest BCUT2D eigenvalue weighted by molar-refractivity contribution is 0.0687. The molecule has 1 N–H and O–H groups in total. The van der Waals surface area contributed by atoms with Gasteiger partial charge in [-0.3, -0.25) is 9.59 Å². The SMILES string of the molecule is CC(C)N(Cc1nc2ccccc2c(=O)[nH]1)C(=O)c1cc(C2CC2)nc2c1cnn2C(C)C. The van der Waals surface area contributed by atoms with Crippen LogP contribution in [-0.4, -0.2) is 41.6 Å². The van der Waals surface area contributed by atoms with Crippen molar-refractivity contribution in [3.05, 3.63) is 64.0 Å². The summed E-state index contributed by atoms with van der Waals surface area (Å²) in [5.41, 5.74) is 2.72. The normalized spacial score (nSPS) is 14.0. The van der Waals surface area contributed by atoms with Gasteiger partial charge in [0.15, 0.2) is 5.65 Å². The third kappa shape index (κ3) is 3.90. The average Bonchev–Trinajstić information content (AvgIpc) is 3.55. The molecule has 1 aliphatic carbocycles. The van der Waals surface area contributed by atoms with Crippen molar-refractivity contribution in [2.24, 2.45) is 0 Å². The monoisotopic (exact) mass is 444 g/mol. The maximum absolute atomic E-state index is 13.9. The van der Waals surface area contributed by atoms with E-state index in [-0.39, 0.29) is 30.1 Å². The first-order valence-corrected chi connectivity index (χ1v) is 11.5. The van der Waals surface area contributed by atoms with Gasteiger partial charge in [0.05, 0.1) is 34.6 Å². The number of nitrogens with one attached hydrogen (secondary N) is 1. The molecule has 0 spiro atoms. The average molecular weight is 445 g/mol. The lowest BCUT2D eigenvalue weighted by atomic mass is 10.1. The summed E-state index contributed by atoms with van der Waals surface area (Å²) in [7, 11) is 0. The van der Waals surface area contributed by atoms with Gasteiger partial charge in [0.2, 0.25) is 0 Å². The van der Waals surface area contributed by atoms with Crippen LogP contribution in [0, 0.1) is 0 Å². The molecule has 33 heavy (non-hydrogen) atoms. The van der Waals surface area contributed by atoms with Gasteiger partial charge in [0, 0.05) is 23.7 Å². The molecule has 0 aliphatic heterocycles. The number of fused-ring (bicyclic) bond motifs is 2. The number of nitrogens with zero attached hydrogens (tertiary/aromatic N) is 5. The van der Waals surface area contributed by atoms with Gasteiger partial charge in [0.1, 0.15) is 5.82 Å². The summed E-state index contributed by atoms with van der Waals surface area (Å²) in [5.74, 6) is 0.757. The molecule has 8 nitrogen and oxygen atoms in total. The number of aromatic nitrogens is 5. The van der Waals surface area contributed by atoms with E-state index in [9.17, 15) is 9.59 Å². The Morgan fingerprint density at radius 3 is 2.61 bits per heavy atom. The van der Waals surface area contributed by atoms with Gasteiger partial charge in [0.25, 0.3) is 11.5 Å². The molecule has 1 fully saturated rings. The molecule has 8 heteroatoms. The number of carbonyl (C=O) groups is 1. The highest BCUT2D eigenvalue weighted by molar-refractivity contribution is 6.05. The van der Waals surface area contributed by atoms with E-state index in [4.69, 9.17) is 4.98 Å². The zero-order valence-corrected chi connectivity index (χ0v) is 19.4. The number of hydrogen-bond donors (Lipinski definition) is 1. The van der Waals surface area contributed by atoms with Crippen molar-refractivity contribution in [1.29, 1.82) is 0 Å². The summed E-state index contributed by atoms with van der Waals surface area (Å²) in [6.07, 6.45) is 3.93. The number of para-hydroxylation sites is 1. The number of hydrogen-bond acceptors (Lipinski definition) is 5. The Labute approximate surface area is 191 Å². The molecule has 0 unspecified atom stereocenters. The van der Waals surface area contributed by atoms with E-state index in [1.807, 2.05) is 42.8 Å². The molecule has 0 atom stereocenters. The molecular formula is C25H28N6O2. The largest absolute Gasteiger partial charge is 0.329 e. The highest BCUT2D eigenvalue weighted by atomic mass is 16.2. The molecule has 170 valence electrons. The van der Waals surface area contributed by atoms with Crippen molar-refractivity contribution in [3.8, 4) is 0 Å². The summed E-state index contributed by atoms with van der Waals surface area (Å²) in [4.78, 5) is 40.5. The zero-order valence-electron chi connectivity index (χ0n) is 19.4. The van der Waals surface area contributed by atoms with E-state index in [0.717, 1.165) is 29.6 Å². The van der Waals surface area contributed by atoms with Crippen LogP contribution in [0.25, 0.3) is 21.9 Å². The lowest BCUT2D eigenvalue weighted by Gasteiger charge is -2.27. The molecule has 5 rings (SSSR count). The number of rotatable bonds is 6. The van der Waals surface area contributed by atoms with Crippen molar-refractivity contribution in [2.75, 3.05) is 0 Å². The molecule has 3 heterocycles. The van der Waals surface area contributed by atoms with E-state index >= 15 is 0 Å². The van der Waals surface area contributed by atoms with Crippen LogP contribution in [0.4, 0.5) is 0 Å². The third-order valence-electron chi connectivity index (χ3n) is 6.17. The predicted molar refractivity (Wildman–Crippen MR) is 127 cm³/mol. The topological polar surface area (TPSA) is 96.8 Å². The summed E-state index contributed by atoms with van der Waals surface area (Å²) < 4.78 is 1.88. The second-order valence-corrected chi connectivity index (χ2v) is 9.35. The van der Waals surface area contributed by atoms with E-state index in [0.29, 0.717) is 28.2 Å². The molecule has 0 saturated heterocycles. The standard InChI is InChI=1S/C25H28N6O2/c1-14(2)30(13-22-27-20-8-6-5-7-17(20)24(32)29-22)25(33)18-11-21(16-9-10-16)28-23-19(18)12-26-31(23)15(3)4/h5-8,11-12,14-16H,9-10,13H2,1-4H3,(H,27,29,32). The van der Waals surface area contributed by atoms with Crippen LogP contribution in [0.3, 0.4) is 0 Å². The first kappa shape index (κ1) is 21.3. The summed E-state index contributed by atoms with van der Waals surface area (Å²) >= 11 is 0. The number of H-pyrrole nitrogens is 1. The zero-order chi connectivity index (χ0) is 23.3. The predicted octanol–water partition coefficient (Wildman–Crippen LogP) is 4.18. The number of amides is 1. The number of carbonyl (C=O) groups excluding carboxylic acids is 1. The lowest BCUT2D eigenvalue weighted by Crippen LogP contribution is -2.37. The highest BCUT2D eigenvalue weighted by Crippen LogP contribution is 2.40. The van der Waals surface area contributed by atoms with Crippen LogP contribution in [0.1, 0.15) is 74.4 Å². The molecule has 1 saturated carbocycles. The fourth-order valence-electron chi connectivity index (χ4n) is 4.20. The second kappa shape index (κ2) is 8.10. The Kier molecular flexibility index (Phi) is 5.23. The van der Waals surface area contributed by atoms with Gasteiger partial charge in [-0.1, -0.05) is 12.1 Å². The number of pyridine rings is 1. The van der Waals surface area contributed by atoms with E-state index < -0.39 is 0 Å². The van der Waals surface area contributed by atoms with Gasteiger partial charge in [-0.05, 0) is 58.7 Å². The summed E-state index contributed by atoms with van der Waals surface area (Å²) in [5, 5.41) is 5.81. The fourth-order valence-corrected chi connectivity index (χ4v) is 4.20. The van der Waals surface area contributed by atoms with Crippen LogP contribution in [0.15, 0.2) is 41.3 Å². The van der Waals surface area contributed by atoms with Gasteiger partial charge in [-0.25, -0.2) is 14.6 Å². The molecule has 3 aromatic heterocycles. The summed E-state index contributed by atoms with van der Waals surface area (Å²) in [6.45, 7) is 8.25. The van der Waals surface area contributed by atoms with Crippen LogP contribution in [0.5, 0.6) is 0 Å². The molecule has 1 aliphatic rings. The molecule has 1 amide bonds. The molecule has 4 aromatic rings. The van der Waals surface area contributed by atoms with E-state index in [1.165, 1.54) is 0 Å². The molecule has 0 radical (unpaired) electrons. The molecular weight excluding hydrogens is 416 g/mol. The first-order valence-electron chi connectivity index (χ1n) is 11.5. The van der Waals surface area contributed by atoms with Crippen LogP contribution >= 0.6 is 0 Å². The highest BCUT2D eigenvalue weighted by Gasteiger charge is 2.30. The number of aromatic amines is 1. The maximum atomic E-state index is 13.9. The van der Waals surface area contributed by atoms with Crippen LogP contribution < -0.4 is 5.56 Å². The Morgan fingerprint density at radius 2 is 1.91 bits per heavy atom. The van der Waals surface area contributed by atoms with Crippen molar-refractivity contribution in [2.45, 2.75) is 65.1 Å². The van der Waals surface area contributed by atoms with Gasteiger partial charge < -0.3 is 9.88 Å². The van der Waals surface area contributed by atoms with E-state index in [2.05, 4.69) is 28.9 Å². The smallest absolute Gasteiger partial charge is 0.258 e. The number of benzene rings is 1. The molecule has 0 bridgehead atoms. The first-order chi connectivity index (χ1) is 15.8. The summed E-state index contributed by atoms with van der Waals surface area (Å²) in [6, 6.07) is 9.19. The minimum absolute atomic E-state index is 0.0954. The fraction of sp³-hybridized carbons (Fsp3) is 0.400. The Morgan fingerprint density at radius 1 is 1.15 bits per heavy atom. The Balaban J connectivity index is 1.57. The van der Waals surface area contributed by atoms with Gasteiger partial charge in [-0.2, -0.15) is 5.10 Å². The van der Waals surface area contributed by atoms with Crippen molar-refractivity contribution in [3.63, 3.8) is 0 Å². The van der Waals surface area contributed by atoms with Gasteiger partial charge >= 0.3 is 0 Å². The minimum Gasteiger partial charge on any atom is -0.329 e. The Bertz CT molecular complexity index is 1410. The Hall–Kier alpha value is -3.55. The van der Waals surface area contributed by atoms with Crippen molar-refractivity contribution < 1.29 is 4.79 Å². The van der Waals surface area contributed by atoms with Crippen molar-refractivity contribution >= 4 is 27.8 Å². The third-order valence-corrected chi connectivity index (χ3v) is 6.17. The van der Waals surface area contributed by atoms with Crippen LogP contribution in [0.2, 0.25) is 0 Å². The van der Waals surface area contributed by atoms with Gasteiger partial charge in [-0.15, -0.1) is 0 Å².